The summed E-state index contributed by atoms with van der Waals surface area (Å²) in [5, 5.41) is 12.8. The van der Waals surface area contributed by atoms with Gasteiger partial charge in [-0.1, -0.05) is 18.2 Å². The maximum atomic E-state index is 10.6. The molecule has 0 atom stereocenters. The van der Waals surface area contributed by atoms with E-state index in [-0.39, 0.29) is 0 Å². The van der Waals surface area contributed by atoms with Gasteiger partial charge in [0.25, 0.3) is 0 Å². The number of para-hydroxylation sites is 1. The molecule has 5 nitrogen and oxygen atoms in total. The number of ether oxygens (including phenoxy) is 1. The second-order valence-electron chi connectivity index (χ2n) is 4.79. The molecule has 2 rings (SSSR count). The van der Waals surface area contributed by atoms with Gasteiger partial charge in [0.05, 0.1) is 12.8 Å². The first kappa shape index (κ1) is 14.8. The van der Waals surface area contributed by atoms with Crippen LogP contribution in [0.15, 0.2) is 36.7 Å². The lowest BCUT2D eigenvalue weighted by Crippen LogP contribution is -2.03. The van der Waals surface area contributed by atoms with Gasteiger partial charge < -0.3 is 9.84 Å². The summed E-state index contributed by atoms with van der Waals surface area (Å²) < 4.78 is 7.59. The number of nitrogens with zero attached hydrogens (tertiary/aromatic N) is 2. The molecule has 1 N–H and O–H groups in total. The minimum atomic E-state index is -0.974. The van der Waals surface area contributed by atoms with Crippen LogP contribution < -0.4 is 4.74 Å². The number of hydrogen-bond donors (Lipinski definition) is 1. The number of aromatic nitrogens is 2. The van der Waals surface area contributed by atoms with E-state index in [0.717, 1.165) is 34.9 Å². The quantitative estimate of drug-likeness (QED) is 0.828. The molecule has 5 heteroatoms. The largest absolute Gasteiger partial charge is 0.492 e. The van der Waals surface area contributed by atoms with Gasteiger partial charge in [0.15, 0.2) is 0 Å². The van der Waals surface area contributed by atoms with Gasteiger partial charge in [-0.3, -0.25) is 4.68 Å². The summed E-state index contributed by atoms with van der Waals surface area (Å²) in [6.07, 6.45) is 7.18. The highest BCUT2D eigenvalue weighted by atomic mass is 16.5. The second-order valence-corrected chi connectivity index (χ2v) is 4.79. The molecule has 2 aromatic rings. The molecule has 110 valence electrons. The van der Waals surface area contributed by atoms with Gasteiger partial charge in [-0.05, 0) is 24.1 Å². The number of carbonyl (C=O) groups is 1. The van der Waals surface area contributed by atoms with Gasteiger partial charge in [0, 0.05) is 31.3 Å². The van der Waals surface area contributed by atoms with Crippen molar-refractivity contribution in [3.8, 4) is 5.75 Å². The summed E-state index contributed by atoms with van der Waals surface area (Å²) in [5.74, 6) is -0.253. The molecule has 0 bridgehead atoms. The molecule has 0 spiro atoms. The third-order valence-electron chi connectivity index (χ3n) is 3.04. The van der Waals surface area contributed by atoms with Crippen LogP contribution in [0, 0.1) is 6.92 Å². The average molecular weight is 286 g/mol. The minimum Gasteiger partial charge on any atom is -0.492 e. The van der Waals surface area contributed by atoms with E-state index in [1.165, 1.54) is 0 Å². The van der Waals surface area contributed by atoms with Crippen molar-refractivity contribution >= 4 is 12.0 Å². The van der Waals surface area contributed by atoms with E-state index < -0.39 is 5.97 Å². The Balaban J connectivity index is 2.06. The van der Waals surface area contributed by atoms with Gasteiger partial charge in [0.1, 0.15) is 5.75 Å². The predicted octanol–water partition coefficient (Wildman–Crippen LogP) is 2.45. The summed E-state index contributed by atoms with van der Waals surface area (Å²) in [6, 6.07) is 5.66. The molecule has 0 unspecified atom stereocenters. The summed E-state index contributed by atoms with van der Waals surface area (Å²) >= 11 is 0. The van der Waals surface area contributed by atoms with Crippen LogP contribution in [0.3, 0.4) is 0 Å². The summed E-state index contributed by atoms with van der Waals surface area (Å²) in [7, 11) is 1.88. The first-order valence-corrected chi connectivity index (χ1v) is 6.67. The Bertz CT molecular complexity index is 659. The number of aryl methyl sites for hydroxylation is 2. The molecule has 0 aliphatic heterocycles. The van der Waals surface area contributed by atoms with E-state index in [1.807, 2.05) is 44.6 Å². The van der Waals surface area contributed by atoms with Crippen molar-refractivity contribution in [1.29, 1.82) is 0 Å². The van der Waals surface area contributed by atoms with E-state index in [9.17, 15) is 4.79 Å². The average Bonchev–Trinajstić information content (AvgIpc) is 2.84. The van der Waals surface area contributed by atoms with Gasteiger partial charge >= 0.3 is 5.97 Å². The molecule has 0 amide bonds. The maximum Gasteiger partial charge on any atom is 0.328 e. The highest BCUT2D eigenvalue weighted by molar-refractivity contribution is 5.86. The topological polar surface area (TPSA) is 64.3 Å². The van der Waals surface area contributed by atoms with Crippen LogP contribution >= 0.6 is 0 Å². The first-order valence-electron chi connectivity index (χ1n) is 6.67. The van der Waals surface area contributed by atoms with Crippen LogP contribution in [0.4, 0.5) is 0 Å². The Kier molecular flexibility index (Phi) is 4.77. The zero-order chi connectivity index (χ0) is 15.2. The number of carboxylic acid groups (broad SMARTS) is 1. The van der Waals surface area contributed by atoms with E-state index >= 15 is 0 Å². The lowest BCUT2D eigenvalue weighted by molar-refractivity contribution is -0.131. The fourth-order valence-electron chi connectivity index (χ4n) is 2.04. The van der Waals surface area contributed by atoms with Gasteiger partial charge in [-0.15, -0.1) is 0 Å². The molecule has 0 radical (unpaired) electrons. The van der Waals surface area contributed by atoms with Crippen molar-refractivity contribution < 1.29 is 14.6 Å². The van der Waals surface area contributed by atoms with E-state index in [4.69, 9.17) is 9.84 Å². The number of benzene rings is 1. The number of carboxylic acids is 1. The molecule has 1 aromatic heterocycles. The van der Waals surface area contributed by atoms with Crippen molar-refractivity contribution in [2.75, 3.05) is 6.61 Å². The number of hydrogen-bond acceptors (Lipinski definition) is 3. The van der Waals surface area contributed by atoms with Crippen molar-refractivity contribution in [2.24, 2.45) is 7.05 Å². The third kappa shape index (κ3) is 4.21. The number of aliphatic carboxylic acids is 1. The Morgan fingerprint density at radius 3 is 2.95 bits per heavy atom. The van der Waals surface area contributed by atoms with Gasteiger partial charge in [-0.25, -0.2) is 4.79 Å². The van der Waals surface area contributed by atoms with Crippen LogP contribution in [-0.2, 0) is 18.3 Å². The van der Waals surface area contributed by atoms with Crippen molar-refractivity contribution in [3.05, 3.63) is 53.4 Å². The standard InChI is InChI=1S/C16H18N2O3/c1-12-4-3-5-14(6-7-15(19)20)16(12)21-9-8-13-10-17-18(2)11-13/h3-7,10-11H,8-9H2,1-2H3,(H,19,20)/b7-6+. The Morgan fingerprint density at radius 1 is 1.48 bits per heavy atom. The first-order chi connectivity index (χ1) is 10.1. The second kappa shape index (κ2) is 6.74. The van der Waals surface area contributed by atoms with Crippen LogP contribution in [0.2, 0.25) is 0 Å². The third-order valence-corrected chi connectivity index (χ3v) is 3.04. The van der Waals surface area contributed by atoms with Crippen molar-refractivity contribution in [1.82, 2.24) is 9.78 Å². The fraction of sp³-hybridized carbons (Fsp3) is 0.250. The van der Waals surface area contributed by atoms with E-state index in [0.29, 0.717) is 6.61 Å². The molecule has 1 heterocycles. The Morgan fingerprint density at radius 2 is 2.29 bits per heavy atom. The molecular formula is C16H18N2O3. The zero-order valence-electron chi connectivity index (χ0n) is 12.1. The normalized spacial score (nSPS) is 11.0. The molecule has 0 aliphatic rings. The zero-order valence-corrected chi connectivity index (χ0v) is 12.1. The van der Waals surface area contributed by atoms with Crippen LogP contribution in [0.5, 0.6) is 5.75 Å². The highest BCUT2D eigenvalue weighted by Gasteiger charge is 2.06. The minimum absolute atomic E-state index is 0.518. The molecule has 0 fully saturated rings. The Labute approximate surface area is 123 Å². The lowest BCUT2D eigenvalue weighted by atomic mass is 10.1. The summed E-state index contributed by atoms with van der Waals surface area (Å²) in [5.41, 5.74) is 2.85. The van der Waals surface area contributed by atoms with Crippen LogP contribution in [-0.4, -0.2) is 27.5 Å². The van der Waals surface area contributed by atoms with E-state index in [2.05, 4.69) is 5.10 Å². The summed E-state index contributed by atoms with van der Waals surface area (Å²) in [6.45, 7) is 2.46. The lowest BCUT2D eigenvalue weighted by Gasteiger charge is -2.11. The highest BCUT2D eigenvalue weighted by Crippen LogP contribution is 2.24. The SMILES string of the molecule is Cc1cccc(/C=C/C(=O)O)c1OCCc1cnn(C)c1. The van der Waals surface area contributed by atoms with Crippen LogP contribution in [0.25, 0.3) is 6.08 Å². The Hall–Kier alpha value is -2.56. The molecular weight excluding hydrogens is 268 g/mol. The maximum absolute atomic E-state index is 10.6. The van der Waals surface area contributed by atoms with Gasteiger partial charge in [0.2, 0.25) is 0 Å². The monoisotopic (exact) mass is 286 g/mol. The van der Waals surface area contributed by atoms with E-state index in [1.54, 1.807) is 10.8 Å². The molecule has 1 aromatic carbocycles. The predicted molar refractivity (Wildman–Crippen MR) is 80.3 cm³/mol. The molecule has 0 saturated carbocycles. The van der Waals surface area contributed by atoms with Gasteiger partial charge in [-0.2, -0.15) is 5.10 Å². The molecule has 0 saturated heterocycles. The fourth-order valence-corrected chi connectivity index (χ4v) is 2.04. The molecule has 0 aliphatic carbocycles. The van der Waals surface area contributed by atoms with Crippen LogP contribution in [0.1, 0.15) is 16.7 Å². The number of rotatable bonds is 6. The van der Waals surface area contributed by atoms with Crippen molar-refractivity contribution in [2.45, 2.75) is 13.3 Å². The summed E-state index contributed by atoms with van der Waals surface area (Å²) in [4.78, 5) is 10.6. The smallest absolute Gasteiger partial charge is 0.328 e. The molecule has 21 heavy (non-hydrogen) atoms. The van der Waals surface area contributed by atoms with Crippen molar-refractivity contribution in [3.63, 3.8) is 0 Å².